The number of nitrogens with one attached hydrogen (secondary N) is 1. The Kier molecular flexibility index (Phi) is 7.21. The normalized spacial score (nSPS) is 22.9. The van der Waals surface area contributed by atoms with E-state index in [1.165, 1.54) is 5.57 Å². The zero-order chi connectivity index (χ0) is 24.0. The molecule has 35 heavy (non-hydrogen) atoms. The lowest BCUT2D eigenvalue weighted by molar-refractivity contribution is -0.133. The quantitative estimate of drug-likeness (QED) is 0.647. The molecule has 7 heteroatoms. The van der Waals surface area contributed by atoms with E-state index in [-0.39, 0.29) is 23.8 Å². The number of hydrogen-bond donors (Lipinski definition) is 1. The van der Waals surface area contributed by atoms with Crippen molar-refractivity contribution in [3.63, 3.8) is 0 Å². The number of hydrogen-bond acceptors (Lipinski definition) is 5. The molecule has 184 valence electrons. The van der Waals surface area contributed by atoms with Crippen LogP contribution in [0.2, 0.25) is 0 Å². The number of allylic oxidation sites excluding steroid dienone is 4. The maximum Gasteiger partial charge on any atom is 0.231 e. The Bertz CT molecular complexity index is 1050. The number of nitrogens with zero attached hydrogens (tertiary/aromatic N) is 2. The Labute approximate surface area is 206 Å². The Morgan fingerprint density at radius 3 is 2.54 bits per heavy atom. The summed E-state index contributed by atoms with van der Waals surface area (Å²) < 4.78 is 11.7. The number of rotatable bonds is 7. The van der Waals surface area contributed by atoms with Crippen molar-refractivity contribution in [1.82, 2.24) is 15.1 Å². The summed E-state index contributed by atoms with van der Waals surface area (Å²) >= 11 is 0. The van der Waals surface area contributed by atoms with Crippen LogP contribution in [0.5, 0.6) is 0 Å². The molecule has 1 aliphatic carbocycles. The maximum absolute atomic E-state index is 13.2. The van der Waals surface area contributed by atoms with Gasteiger partial charge in [0.15, 0.2) is 6.26 Å². The summed E-state index contributed by atoms with van der Waals surface area (Å²) in [5.74, 6) is 1.70. The van der Waals surface area contributed by atoms with Gasteiger partial charge < -0.3 is 24.6 Å². The van der Waals surface area contributed by atoms with E-state index >= 15 is 0 Å². The highest BCUT2D eigenvalue weighted by Crippen LogP contribution is 2.30. The fourth-order valence-electron chi connectivity index (χ4n) is 5.19. The smallest absolute Gasteiger partial charge is 0.231 e. The van der Waals surface area contributed by atoms with Crippen molar-refractivity contribution in [2.75, 3.05) is 26.2 Å². The second kappa shape index (κ2) is 10.8. The van der Waals surface area contributed by atoms with Crippen LogP contribution < -0.4 is 5.32 Å². The molecular formula is C28H33N3O4. The van der Waals surface area contributed by atoms with Gasteiger partial charge in [0.05, 0.1) is 0 Å². The number of carbonyl (C=O) groups is 2. The van der Waals surface area contributed by atoms with Gasteiger partial charge in [-0.05, 0) is 24.8 Å². The van der Waals surface area contributed by atoms with Gasteiger partial charge in [-0.1, -0.05) is 54.1 Å². The molecule has 2 amide bonds. The Morgan fingerprint density at radius 2 is 1.89 bits per heavy atom. The molecule has 0 radical (unpaired) electrons. The molecule has 2 fully saturated rings. The predicted molar refractivity (Wildman–Crippen MR) is 133 cm³/mol. The van der Waals surface area contributed by atoms with Crippen molar-refractivity contribution in [2.45, 2.75) is 50.5 Å². The Morgan fingerprint density at radius 1 is 1.06 bits per heavy atom. The molecule has 2 unspecified atom stereocenters. The SMILES string of the molecule is O=C1CCC(C(CC(=O)N2CCN(C3=COC(CC4=CC=CCC4)=CO3)CC2)c2ccccc2)N1. The molecule has 0 spiro atoms. The van der Waals surface area contributed by atoms with Gasteiger partial charge in [-0.25, -0.2) is 0 Å². The lowest BCUT2D eigenvalue weighted by Crippen LogP contribution is -2.49. The van der Waals surface area contributed by atoms with Gasteiger partial charge in [-0.2, -0.15) is 0 Å². The molecule has 1 aromatic carbocycles. The van der Waals surface area contributed by atoms with Gasteiger partial charge in [-0.15, -0.1) is 0 Å². The van der Waals surface area contributed by atoms with Crippen LogP contribution in [0.3, 0.4) is 0 Å². The molecule has 5 rings (SSSR count). The molecule has 3 heterocycles. The first kappa shape index (κ1) is 23.3. The van der Waals surface area contributed by atoms with E-state index in [1.807, 2.05) is 23.1 Å². The van der Waals surface area contributed by atoms with Gasteiger partial charge in [-0.3, -0.25) is 9.59 Å². The number of piperazine rings is 1. The predicted octanol–water partition coefficient (Wildman–Crippen LogP) is 3.94. The van der Waals surface area contributed by atoms with Crippen molar-refractivity contribution in [2.24, 2.45) is 0 Å². The summed E-state index contributed by atoms with van der Waals surface area (Å²) in [5, 5.41) is 3.07. The van der Waals surface area contributed by atoms with Crippen molar-refractivity contribution >= 4 is 11.8 Å². The average molecular weight is 476 g/mol. The monoisotopic (exact) mass is 475 g/mol. The summed E-state index contributed by atoms with van der Waals surface area (Å²) in [4.78, 5) is 29.1. The minimum absolute atomic E-state index is 0.00876. The molecule has 0 bridgehead atoms. The van der Waals surface area contributed by atoms with Crippen LogP contribution in [-0.4, -0.2) is 53.8 Å². The van der Waals surface area contributed by atoms with Crippen LogP contribution in [0, 0.1) is 0 Å². The molecule has 1 N–H and O–H groups in total. The number of benzene rings is 1. The summed E-state index contributed by atoms with van der Waals surface area (Å²) in [6, 6.07) is 10.1. The van der Waals surface area contributed by atoms with E-state index in [9.17, 15) is 9.59 Å². The van der Waals surface area contributed by atoms with Crippen LogP contribution in [0.25, 0.3) is 0 Å². The molecule has 7 nitrogen and oxygen atoms in total. The Hall–Kier alpha value is -3.48. The fraction of sp³-hybridized carbons (Fsp3) is 0.429. The van der Waals surface area contributed by atoms with Crippen LogP contribution in [0.4, 0.5) is 0 Å². The van der Waals surface area contributed by atoms with Gasteiger partial charge >= 0.3 is 0 Å². The Balaban J connectivity index is 1.13. The largest absolute Gasteiger partial charge is 0.460 e. The number of carbonyl (C=O) groups excluding carboxylic acids is 2. The van der Waals surface area contributed by atoms with Crippen molar-refractivity contribution in [3.05, 3.63) is 83.9 Å². The van der Waals surface area contributed by atoms with E-state index in [2.05, 4.69) is 40.6 Å². The lowest BCUT2D eigenvalue weighted by Gasteiger charge is -2.37. The third-order valence-corrected chi connectivity index (χ3v) is 7.20. The van der Waals surface area contributed by atoms with Gasteiger partial charge in [0, 0.05) is 57.4 Å². The third kappa shape index (κ3) is 5.78. The van der Waals surface area contributed by atoms with Gasteiger partial charge in [0.25, 0.3) is 0 Å². The third-order valence-electron chi connectivity index (χ3n) is 7.20. The van der Waals surface area contributed by atoms with E-state index in [0.717, 1.165) is 37.0 Å². The number of ether oxygens (including phenoxy) is 2. The topological polar surface area (TPSA) is 71.1 Å². The van der Waals surface area contributed by atoms with Gasteiger partial charge in [0.1, 0.15) is 12.0 Å². The van der Waals surface area contributed by atoms with E-state index < -0.39 is 0 Å². The summed E-state index contributed by atoms with van der Waals surface area (Å²) in [7, 11) is 0. The maximum atomic E-state index is 13.2. The first-order valence-electron chi connectivity index (χ1n) is 12.6. The minimum atomic E-state index is -0.00991. The second-order valence-electron chi connectivity index (χ2n) is 9.55. The molecular weight excluding hydrogens is 442 g/mol. The zero-order valence-electron chi connectivity index (χ0n) is 20.0. The summed E-state index contributed by atoms with van der Waals surface area (Å²) in [6.07, 6.45) is 14.4. The average Bonchev–Trinajstić information content (AvgIpc) is 3.34. The highest BCUT2D eigenvalue weighted by Gasteiger charge is 2.33. The van der Waals surface area contributed by atoms with Crippen LogP contribution >= 0.6 is 0 Å². The molecule has 3 aliphatic heterocycles. The standard InChI is InChI=1S/C28H33N3O4/c32-26-12-11-25(29-26)24(22-9-5-2-6-10-22)18-27(33)30-13-15-31(16-14-30)28-20-34-23(19-35-28)17-21-7-3-1-4-8-21/h1-3,5-7,9-10,19-20,24-25H,4,8,11-18H2,(H,29,32). The van der Waals surface area contributed by atoms with Crippen LogP contribution in [-0.2, 0) is 19.1 Å². The van der Waals surface area contributed by atoms with Crippen molar-refractivity contribution in [1.29, 1.82) is 0 Å². The summed E-state index contributed by atoms with van der Waals surface area (Å²) in [5.41, 5.74) is 2.45. The van der Waals surface area contributed by atoms with E-state index in [4.69, 9.17) is 9.47 Å². The second-order valence-corrected chi connectivity index (χ2v) is 9.55. The first-order valence-corrected chi connectivity index (χ1v) is 12.6. The van der Waals surface area contributed by atoms with E-state index in [0.29, 0.717) is 44.9 Å². The fourth-order valence-corrected chi connectivity index (χ4v) is 5.19. The first-order chi connectivity index (χ1) is 17.2. The molecule has 4 aliphatic rings. The van der Waals surface area contributed by atoms with E-state index in [1.54, 1.807) is 12.5 Å². The van der Waals surface area contributed by atoms with Gasteiger partial charge in [0.2, 0.25) is 17.7 Å². The highest BCUT2D eigenvalue weighted by molar-refractivity contribution is 5.80. The lowest BCUT2D eigenvalue weighted by atomic mass is 9.87. The molecule has 2 saturated heterocycles. The molecule has 0 saturated carbocycles. The van der Waals surface area contributed by atoms with Crippen LogP contribution in [0.15, 0.2) is 78.3 Å². The summed E-state index contributed by atoms with van der Waals surface area (Å²) in [6.45, 7) is 2.65. The highest BCUT2D eigenvalue weighted by atomic mass is 16.6. The molecule has 1 aromatic rings. The van der Waals surface area contributed by atoms with Crippen molar-refractivity contribution in [3.8, 4) is 0 Å². The zero-order valence-corrected chi connectivity index (χ0v) is 20.0. The molecule has 0 aromatic heterocycles. The molecule has 2 atom stereocenters. The minimum Gasteiger partial charge on any atom is -0.460 e. The van der Waals surface area contributed by atoms with Crippen LogP contribution in [0.1, 0.15) is 50.0 Å². The number of amides is 2. The van der Waals surface area contributed by atoms with Crippen molar-refractivity contribution < 1.29 is 19.1 Å².